The third-order valence-electron chi connectivity index (χ3n) is 5.23. The van der Waals surface area contributed by atoms with Crippen LogP contribution in [0.4, 0.5) is 5.69 Å². The number of aryl methyl sites for hydroxylation is 2. The number of nitrogens with one attached hydrogen (secondary N) is 1. The summed E-state index contributed by atoms with van der Waals surface area (Å²) in [5, 5.41) is 5.78. The lowest BCUT2D eigenvalue weighted by molar-refractivity contribution is -0.113. The molecule has 0 aliphatic heterocycles. The maximum Gasteiger partial charge on any atom is 0.268 e. The summed E-state index contributed by atoms with van der Waals surface area (Å²) in [5.74, 6) is 1.37. The fraction of sp³-hybridized carbons (Fsp3) is 0.115. The van der Waals surface area contributed by atoms with Gasteiger partial charge in [-0.2, -0.15) is 0 Å². The van der Waals surface area contributed by atoms with Gasteiger partial charge >= 0.3 is 0 Å². The molecule has 8 heteroatoms. The summed E-state index contributed by atoms with van der Waals surface area (Å²) in [6, 6.07) is 20.7. The number of rotatable bonds is 6. The first-order valence-corrected chi connectivity index (χ1v) is 12.5. The molecule has 1 amide bonds. The lowest BCUT2D eigenvalue weighted by atomic mass is 10.2. The second kappa shape index (κ2) is 9.32. The number of carbonyl (C=O) groups excluding carboxylic acids is 1. The normalized spacial score (nSPS) is 11.1. The first-order chi connectivity index (χ1) is 16.5. The number of carbonyl (C=O) groups is 1. The van der Waals surface area contributed by atoms with Crippen LogP contribution >= 0.6 is 23.1 Å². The minimum absolute atomic E-state index is 0.119. The zero-order valence-electron chi connectivity index (χ0n) is 18.6. The van der Waals surface area contributed by atoms with Crippen molar-refractivity contribution in [2.75, 3.05) is 11.1 Å². The molecule has 0 spiro atoms. The molecule has 2 aromatic carbocycles. The van der Waals surface area contributed by atoms with Crippen LogP contribution in [0.1, 0.15) is 11.3 Å². The van der Waals surface area contributed by atoms with Gasteiger partial charge < -0.3 is 9.73 Å². The molecule has 0 saturated heterocycles. The predicted octanol–water partition coefficient (Wildman–Crippen LogP) is 6.05. The van der Waals surface area contributed by atoms with Gasteiger partial charge in [0.2, 0.25) is 5.91 Å². The van der Waals surface area contributed by atoms with Crippen LogP contribution in [-0.2, 0) is 4.79 Å². The number of benzene rings is 2. The molecule has 5 rings (SSSR count). The van der Waals surface area contributed by atoms with E-state index in [1.165, 1.54) is 23.1 Å². The fourth-order valence-electron chi connectivity index (χ4n) is 3.68. The Morgan fingerprint density at radius 3 is 2.65 bits per heavy atom. The van der Waals surface area contributed by atoms with E-state index in [0.717, 1.165) is 22.6 Å². The molecule has 3 heterocycles. The highest BCUT2D eigenvalue weighted by atomic mass is 32.2. The molecule has 0 unspecified atom stereocenters. The third-order valence-corrected chi connectivity index (χ3v) is 7.04. The van der Waals surface area contributed by atoms with Crippen LogP contribution in [0.2, 0.25) is 0 Å². The zero-order valence-corrected chi connectivity index (χ0v) is 20.2. The highest BCUT2D eigenvalue weighted by Gasteiger charge is 2.20. The van der Waals surface area contributed by atoms with E-state index in [4.69, 9.17) is 9.40 Å². The number of aromatic nitrogens is 2. The molecule has 0 radical (unpaired) electrons. The largest absolute Gasteiger partial charge is 0.461 e. The fourth-order valence-corrected chi connectivity index (χ4v) is 5.47. The van der Waals surface area contributed by atoms with Crippen molar-refractivity contribution in [3.05, 3.63) is 93.8 Å². The number of thiophene rings is 1. The molecular formula is C26H21N3O3S2. The summed E-state index contributed by atoms with van der Waals surface area (Å²) < 4.78 is 7.35. The second-order valence-electron chi connectivity index (χ2n) is 7.82. The van der Waals surface area contributed by atoms with Crippen molar-refractivity contribution < 1.29 is 9.21 Å². The summed E-state index contributed by atoms with van der Waals surface area (Å²) in [5.41, 5.74) is 3.03. The number of fused-ring (bicyclic) bond motifs is 1. The van der Waals surface area contributed by atoms with E-state index in [1.54, 1.807) is 4.57 Å². The summed E-state index contributed by atoms with van der Waals surface area (Å²) in [4.78, 5) is 31.8. The Bertz CT molecular complexity index is 1550. The average Bonchev–Trinajstić information content (AvgIpc) is 3.44. The Hall–Kier alpha value is -3.62. The van der Waals surface area contributed by atoms with Gasteiger partial charge in [0, 0.05) is 16.6 Å². The highest BCUT2D eigenvalue weighted by molar-refractivity contribution is 7.99. The van der Waals surface area contributed by atoms with Crippen molar-refractivity contribution in [1.82, 2.24) is 9.55 Å². The predicted molar refractivity (Wildman–Crippen MR) is 138 cm³/mol. The van der Waals surface area contributed by atoms with Crippen molar-refractivity contribution in [2.24, 2.45) is 0 Å². The van der Waals surface area contributed by atoms with Crippen LogP contribution in [0.3, 0.4) is 0 Å². The van der Waals surface area contributed by atoms with E-state index in [9.17, 15) is 9.59 Å². The lowest BCUT2D eigenvalue weighted by Crippen LogP contribution is -2.22. The van der Waals surface area contributed by atoms with Crippen molar-refractivity contribution >= 4 is 44.9 Å². The molecule has 5 aromatic rings. The van der Waals surface area contributed by atoms with Gasteiger partial charge in [-0.25, -0.2) is 4.98 Å². The summed E-state index contributed by atoms with van der Waals surface area (Å²) in [6.45, 7) is 3.84. The molecule has 1 N–H and O–H groups in total. The minimum atomic E-state index is -0.192. The molecule has 34 heavy (non-hydrogen) atoms. The Labute approximate surface area is 204 Å². The second-order valence-corrected chi connectivity index (χ2v) is 9.62. The van der Waals surface area contributed by atoms with E-state index in [0.29, 0.717) is 26.8 Å². The van der Waals surface area contributed by atoms with Crippen LogP contribution in [0.15, 0.2) is 86.5 Å². The van der Waals surface area contributed by atoms with Gasteiger partial charge in [0.25, 0.3) is 5.56 Å². The minimum Gasteiger partial charge on any atom is -0.461 e. The number of thioether (sulfide) groups is 1. The van der Waals surface area contributed by atoms with Gasteiger partial charge in [0.05, 0.1) is 16.8 Å². The maximum absolute atomic E-state index is 13.8. The van der Waals surface area contributed by atoms with Gasteiger partial charge in [-0.05, 0) is 55.8 Å². The first-order valence-electron chi connectivity index (χ1n) is 10.7. The van der Waals surface area contributed by atoms with Crippen molar-refractivity contribution in [3.8, 4) is 17.0 Å². The van der Waals surface area contributed by atoms with E-state index < -0.39 is 0 Å². The monoisotopic (exact) mass is 487 g/mol. The van der Waals surface area contributed by atoms with E-state index in [-0.39, 0.29) is 17.2 Å². The molecule has 170 valence electrons. The standard InChI is InChI=1S/C26H21N3O3S2/c1-16-7-6-8-18(13-16)27-22(30)15-34-26-28-24-23(20(14-33-24)21-12-11-17(2)32-21)25(31)29(26)19-9-4-3-5-10-19/h3-14H,15H2,1-2H3,(H,27,30). The maximum atomic E-state index is 13.8. The van der Waals surface area contributed by atoms with Gasteiger partial charge in [-0.3, -0.25) is 14.2 Å². The smallest absolute Gasteiger partial charge is 0.268 e. The Morgan fingerprint density at radius 2 is 1.91 bits per heavy atom. The summed E-state index contributed by atoms with van der Waals surface area (Å²) in [6.07, 6.45) is 0. The molecule has 0 aliphatic carbocycles. The average molecular weight is 488 g/mol. The highest BCUT2D eigenvalue weighted by Crippen LogP contribution is 2.33. The van der Waals surface area contributed by atoms with E-state index in [2.05, 4.69) is 5.32 Å². The zero-order chi connectivity index (χ0) is 23.7. The topological polar surface area (TPSA) is 77.1 Å². The number of hydrogen-bond acceptors (Lipinski definition) is 6. The van der Waals surface area contributed by atoms with Crippen LogP contribution in [0.5, 0.6) is 0 Å². The molecule has 0 atom stereocenters. The Morgan fingerprint density at radius 1 is 1.09 bits per heavy atom. The quantitative estimate of drug-likeness (QED) is 0.233. The van der Waals surface area contributed by atoms with Crippen LogP contribution < -0.4 is 10.9 Å². The number of anilines is 1. The number of amides is 1. The molecule has 0 fully saturated rings. The number of furan rings is 1. The molecule has 0 aliphatic rings. The SMILES string of the molecule is Cc1cccc(NC(=O)CSc2nc3scc(-c4ccc(C)o4)c3c(=O)n2-c2ccccc2)c1. The first kappa shape index (κ1) is 22.2. The van der Waals surface area contributed by atoms with Crippen molar-refractivity contribution in [1.29, 1.82) is 0 Å². The van der Waals surface area contributed by atoms with Crippen molar-refractivity contribution in [2.45, 2.75) is 19.0 Å². The van der Waals surface area contributed by atoms with Gasteiger partial charge in [-0.15, -0.1) is 11.3 Å². The number of nitrogens with zero attached hydrogens (tertiary/aromatic N) is 2. The summed E-state index contributed by atoms with van der Waals surface area (Å²) in [7, 11) is 0. The summed E-state index contributed by atoms with van der Waals surface area (Å²) >= 11 is 2.63. The van der Waals surface area contributed by atoms with Gasteiger partial charge in [0.1, 0.15) is 16.4 Å². The Kier molecular flexibility index (Phi) is 6.08. The lowest BCUT2D eigenvalue weighted by Gasteiger charge is -2.12. The van der Waals surface area contributed by atoms with Crippen LogP contribution in [0, 0.1) is 13.8 Å². The van der Waals surface area contributed by atoms with Gasteiger partial charge in [-0.1, -0.05) is 42.1 Å². The van der Waals surface area contributed by atoms with Crippen LogP contribution in [-0.4, -0.2) is 21.2 Å². The van der Waals surface area contributed by atoms with Crippen LogP contribution in [0.25, 0.3) is 27.2 Å². The molecular weight excluding hydrogens is 466 g/mol. The molecule has 0 bridgehead atoms. The number of para-hydroxylation sites is 1. The number of hydrogen-bond donors (Lipinski definition) is 1. The van der Waals surface area contributed by atoms with Crippen molar-refractivity contribution in [3.63, 3.8) is 0 Å². The molecule has 0 saturated carbocycles. The third kappa shape index (κ3) is 4.42. The molecule has 3 aromatic heterocycles. The Balaban J connectivity index is 1.53. The van der Waals surface area contributed by atoms with E-state index in [1.807, 2.05) is 86.0 Å². The van der Waals surface area contributed by atoms with Gasteiger partial charge in [0.15, 0.2) is 5.16 Å². The molecule has 6 nitrogen and oxygen atoms in total. The van der Waals surface area contributed by atoms with E-state index >= 15 is 0 Å².